The van der Waals surface area contributed by atoms with E-state index in [1.54, 1.807) is 0 Å². The van der Waals surface area contributed by atoms with Crippen LogP contribution in [-0.2, 0) is 18.5 Å². The van der Waals surface area contributed by atoms with Crippen molar-refractivity contribution < 1.29 is 24.2 Å². The molecule has 2 bridgehead atoms. The van der Waals surface area contributed by atoms with Crippen LogP contribution in [0.2, 0.25) is 0 Å². The van der Waals surface area contributed by atoms with Gasteiger partial charge in [0.05, 0.1) is 0 Å². The molecule has 4 rings (SSSR count). The molecule has 2 heterocycles. The summed E-state index contributed by atoms with van der Waals surface area (Å²) in [6, 6.07) is 5.54. The molecule has 158 valence electrons. The monoisotopic (exact) mass is 416 g/mol. The van der Waals surface area contributed by atoms with Crippen LogP contribution in [0.15, 0.2) is 29.1 Å². The molecule has 2 aliphatic rings. The molecule has 9 nitrogen and oxygen atoms in total. The third-order valence-corrected chi connectivity index (χ3v) is 5.93. The van der Waals surface area contributed by atoms with E-state index in [0.29, 0.717) is 30.8 Å². The van der Waals surface area contributed by atoms with Gasteiger partial charge in [-0.3, -0.25) is 14.2 Å². The molecule has 2 atom stereocenters. The summed E-state index contributed by atoms with van der Waals surface area (Å²) in [6.45, 7) is 0.514. The first-order valence-corrected chi connectivity index (χ1v) is 9.63. The number of nitrogens with zero attached hydrogens (tertiary/aromatic N) is 2. The van der Waals surface area contributed by atoms with Crippen molar-refractivity contribution in [3.8, 4) is 5.75 Å². The van der Waals surface area contributed by atoms with Gasteiger partial charge in [-0.15, -0.1) is 0 Å². The lowest BCUT2D eigenvalue weighted by atomic mass is 9.81. The summed E-state index contributed by atoms with van der Waals surface area (Å²) in [5, 5.41) is 24.3. The topological polar surface area (TPSA) is 134 Å². The van der Waals surface area contributed by atoms with Gasteiger partial charge >= 0.3 is 6.09 Å². The van der Waals surface area contributed by atoms with E-state index in [1.807, 2.05) is 0 Å². The summed E-state index contributed by atoms with van der Waals surface area (Å²) in [5.74, 6) is -1.37. The summed E-state index contributed by atoms with van der Waals surface area (Å²) in [6.07, 6.45) is 0.910. The average molecular weight is 416 g/mol. The van der Waals surface area contributed by atoms with E-state index in [4.69, 9.17) is 5.11 Å². The fourth-order valence-electron chi connectivity index (χ4n) is 4.48. The Kier molecular flexibility index (Phi) is 4.92. The van der Waals surface area contributed by atoms with Gasteiger partial charge in [0.25, 0.3) is 11.5 Å². The fraction of sp³-hybridized carbons (Fsp3) is 0.400. The molecule has 0 spiro atoms. The van der Waals surface area contributed by atoms with Gasteiger partial charge in [0.15, 0.2) is 5.69 Å². The number of hydrogen-bond donors (Lipinski definition) is 4. The fourth-order valence-corrected chi connectivity index (χ4v) is 4.48. The standard InChI is InChI=1S/C20H21FN4O5/c21-13-3-1-11(2-4-13)8-22-16(27)14-15(26)17(28)25-9-12-5-6-20(7-12,18(25)24-14)10-23-19(29)30/h1-4,12,23,26H,5-10H2,(H,22,27)(H,29,30). The normalized spacial score (nSPS) is 21.7. The number of rotatable bonds is 5. The number of aromatic nitrogens is 2. The molecule has 0 radical (unpaired) electrons. The van der Waals surface area contributed by atoms with Crippen LogP contribution in [-0.4, -0.2) is 38.3 Å². The molecule has 1 saturated carbocycles. The second-order valence-corrected chi connectivity index (χ2v) is 7.91. The number of amides is 2. The van der Waals surface area contributed by atoms with Crippen LogP contribution >= 0.6 is 0 Å². The number of aromatic hydroxyl groups is 1. The number of nitrogens with one attached hydrogen (secondary N) is 2. The lowest BCUT2D eigenvalue weighted by molar-refractivity contribution is 0.0940. The predicted octanol–water partition coefficient (Wildman–Crippen LogP) is 1.34. The molecule has 0 saturated heterocycles. The zero-order valence-corrected chi connectivity index (χ0v) is 16.0. The zero-order chi connectivity index (χ0) is 21.5. The van der Waals surface area contributed by atoms with E-state index < -0.39 is 40.2 Å². The molecule has 30 heavy (non-hydrogen) atoms. The maximum absolute atomic E-state index is 13.0. The Balaban J connectivity index is 1.65. The Morgan fingerprint density at radius 2 is 2.00 bits per heavy atom. The Morgan fingerprint density at radius 1 is 1.27 bits per heavy atom. The van der Waals surface area contributed by atoms with Crippen LogP contribution in [0.3, 0.4) is 0 Å². The summed E-state index contributed by atoms with van der Waals surface area (Å²) in [7, 11) is 0. The Labute approximate surface area is 170 Å². The van der Waals surface area contributed by atoms with Crippen LogP contribution in [0.25, 0.3) is 0 Å². The van der Waals surface area contributed by atoms with E-state index >= 15 is 0 Å². The van der Waals surface area contributed by atoms with Crippen molar-refractivity contribution in [2.75, 3.05) is 6.54 Å². The SMILES string of the molecule is O=C(O)NCC12CCC(Cn3c1nc(C(=O)NCc1ccc(F)cc1)c(O)c3=O)C2. The molecule has 1 aromatic heterocycles. The van der Waals surface area contributed by atoms with Gasteiger partial charge in [0.2, 0.25) is 5.75 Å². The Hall–Kier alpha value is -3.43. The van der Waals surface area contributed by atoms with E-state index in [9.17, 15) is 23.9 Å². The number of carboxylic acid groups (broad SMARTS) is 1. The molecular formula is C20H21FN4O5. The average Bonchev–Trinajstić information content (AvgIpc) is 3.07. The number of carbonyl (C=O) groups is 2. The second kappa shape index (κ2) is 7.43. The van der Waals surface area contributed by atoms with Crippen molar-refractivity contribution >= 4 is 12.0 Å². The summed E-state index contributed by atoms with van der Waals surface area (Å²) < 4.78 is 14.4. The second-order valence-electron chi connectivity index (χ2n) is 7.91. The summed E-state index contributed by atoms with van der Waals surface area (Å²) >= 11 is 0. The van der Waals surface area contributed by atoms with Crippen LogP contribution < -0.4 is 16.2 Å². The molecule has 2 aromatic rings. The molecule has 1 aromatic carbocycles. The quantitative estimate of drug-likeness (QED) is 0.581. The highest BCUT2D eigenvalue weighted by molar-refractivity contribution is 5.94. The van der Waals surface area contributed by atoms with E-state index in [-0.39, 0.29) is 19.0 Å². The van der Waals surface area contributed by atoms with Crippen molar-refractivity contribution in [3.63, 3.8) is 0 Å². The van der Waals surface area contributed by atoms with Crippen LogP contribution in [0, 0.1) is 11.7 Å². The molecule has 1 fully saturated rings. The van der Waals surface area contributed by atoms with E-state index in [1.165, 1.54) is 28.8 Å². The van der Waals surface area contributed by atoms with Gasteiger partial charge in [-0.1, -0.05) is 12.1 Å². The first kappa shape index (κ1) is 19.9. The van der Waals surface area contributed by atoms with Gasteiger partial charge in [-0.2, -0.15) is 0 Å². The van der Waals surface area contributed by atoms with Gasteiger partial charge in [-0.25, -0.2) is 14.2 Å². The molecule has 10 heteroatoms. The molecule has 1 aliphatic carbocycles. The van der Waals surface area contributed by atoms with Crippen molar-refractivity contribution in [1.82, 2.24) is 20.2 Å². The van der Waals surface area contributed by atoms with E-state index in [2.05, 4.69) is 15.6 Å². The minimum absolute atomic E-state index is 0.0619. The third-order valence-electron chi connectivity index (χ3n) is 5.93. The highest BCUT2D eigenvalue weighted by Crippen LogP contribution is 2.47. The van der Waals surface area contributed by atoms with E-state index in [0.717, 1.165) is 6.42 Å². The number of carbonyl (C=O) groups excluding carboxylic acids is 1. The molecule has 2 unspecified atom stereocenters. The molecular weight excluding hydrogens is 395 g/mol. The van der Waals surface area contributed by atoms with Gasteiger partial charge in [0, 0.05) is 25.0 Å². The Bertz CT molecular complexity index is 1070. The van der Waals surface area contributed by atoms with Gasteiger partial charge in [-0.05, 0) is 42.9 Å². The van der Waals surface area contributed by atoms with Crippen LogP contribution in [0.1, 0.15) is 41.1 Å². The molecule has 1 aliphatic heterocycles. The number of halogens is 1. The number of fused-ring (bicyclic) bond motifs is 4. The lowest BCUT2D eigenvalue weighted by Crippen LogP contribution is -2.47. The number of hydrogen-bond acceptors (Lipinski definition) is 5. The highest BCUT2D eigenvalue weighted by Gasteiger charge is 2.48. The smallest absolute Gasteiger partial charge is 0.404 e. The van der Waals surface area contributed by atoms with Crippen molar-refractivity contribution in [2.45, 2.75) is 37.8 Å². The largest absolute Gasteiger partial charge is 0.501 e. The first-order chi connectivity index (χ1) is 14.3. The minimum Gasteiger partial charge on any atom is -0.501 e. The van der Waals surface area contributed by atoms with Crippen molar-refractivity contribution in [2.24, 2.45) is 5.92 Å². The van der Waals surface area contributed by atoms with Crippen molar-refractivity contribution in [3.05, 3.63) is 57.5 Å². The van der Waals surface area contributed by atoms with Crippen molar-refractivity contribution in [1.29, 1.82) is 0 Å². The highest BCUT2D eigenvalue weighted by atomic mass is 19.1. The predicted molar refractivity (Wildman–Crippen MR) is 103 cm³/mol. The van der Waals surface area contributed by atoms with Crippen LogP contribution in [0.4, 0.5) is 9.18 Å². The lowest BCUT2D eigenvalue weighted by Gasteiger charge is -2.35. The van der Waals surface area contributed by atoms with Gasteiger partial charge in [0.1, 0.15) is 11.6 Å². The summed E-state index contributed by atoms with van der Waals surface area (Å²) in [5.41, 5.74) is -1.16. The minimum atomic E-state index is -1.18. The molecule has 2 amide bonds. The van der Waals surface area contributed by atoms with Gasteiger partial charge < -0.3 is 20.8 Å². The zero-order valence-electron chi connectivity index (χ0n) is 16.0. The van der Waals surface area contributed by atoms with Crippen LogP contribution in [0.5, 0.6) is 5.75 Å². The summed E-state index contributed by atoms with van der Waals surface area (Å²) in [4.78, 5) is 40.8. The Morgan fingerprint density at radius 3 is 2.70 bits per heavy atom. The first-order valence-electron chi connectivity index (χ1n) is 9.63. The third kappa shape index (κ3) is 3.49. The molecule has 4 N–H and O–H groups in total. The maximum atomic E-state index is 13.0. The maximum Gasteiger partial charge on any atom is 0.404 e. The number of benzene rings is 1.